The zero-order chi connectivity index (χ0) is 12.0. The molecular weight excluding hydrogens is 210 g/mol. The van der Waals surface area contributed by atoms with Gasteiger partial charge in [0.05, 0.1) is 7.11 Å². The summed E-state index contributed by atoms with van der Waals surface area (Å²) in [5.74, 6) is -0.294. The molecule has 0 aliphatic carbocycles. The highest BCUT2D eigenvalue weighted by molar-refractivity contribution is 5.92. The summed E-state index contributed by atoms with van der Waals surface area (Å²) in [5, 5.41) is 2.46. The molecule has 0 radical (unpaired) electrons. The van der Waals surface area contributed by atoms with Gasteiger partial charge in [0, 0.05) is 6.92 Å². The maximum atomic E-state index is 11.3. The molecule has 0 aromatic heterocycles. The second kappa shape index (κ2) is 5.75. The van der Waals surface area contributed by atoms with E-state index in [1.54, 1.807) is 24.3 Å². The summed E-state index contributed by atoms with van der Waals surface area (Å²) in [5.41, 5.74) is 0.329. The van der Waals surface area contributed by atoms with Crippen molar-refractivity contribution in [1.29, 1.82) is 0 Å². The van der Waals surface area contributed by atoms with Crippen LogP contribution in [0.1, 0.15) is 17.3 Å². The van der Waals surface area contributed by atoms with Gasteiger partial charge in [-0.15, -0.1) is 0 Å². The molecule has 1 aromatic rings. The van der Waals surface area contributed by atoms with E-state index in [4.69, 9.17) is 4.74 Å². The lowest BCUT2D eigenvalue weighted by Crippen LogP contribution is -2.25. The van der Waals surface area contributed by atoms with Crippen molar-refractivity contribution in [2.75, 3.05) is 13.8 Å². The molecule has 1 N–H and O–H groups in total. The fourth-order valence-corrected chi connectivity index (χ4v) is 1.09. The molecule has 0 fully saturated rings. The van der Waals surface area contributed by atoms with Crippen LogP contribution in [0.4, 0.5) is 0 Å². The van der Waals surface area contributed by atoms with E-state index in [9.17, 15) is 9.59 Å². The highest BCUT2D eigenvalue weighted by Gasteiger charge is 2.11. The molecule has 0 atom stereocenters. The summed E-state index contributed by atoms with van der Waals surface area (Å²) in [7, 11) is 1.30. The van der Waals surface area contributed by atoms with Gasteiger partial charge in [-0.1, -0.05) is 12.1 Å². The molecule has 16 heavy (non-hydrogen) atoms. The monoisotopic (exact) mass is 223 g/mol. The number of para-hydroxylation sites is 1. The first-order valence-corrected chi connectivity index (χ1v) is 4.69. The molecular formula is C11H13NO4. The van der Waals surface area contributed by atoms with Gasteiger partial charge in [0.1, 0.15) is 11.3 Å². The quantitative estimate of drug-likeness (QED) is 0.609. The highest BCUT2D eigenvalue weighted by Crippen LogP contribution is 2.18. The smallest absolute Gasteiger partial charge is 0.341 e. The van der Waals surface area contributed by atoms with Gasteiger partial charge in [-0.2, -0.15) is 0 Å². The Hall–Kier alpha value is -2.04. The average Bonchev–Trinajstić information content (AvgIpc) is 2.28. The Bertz CT molecular complexity index is 389. The van der Waals surface area contributed by atoms with Crippen LogP contribution in [0, 0.1) is 0 Å². The van der Waals surface area contributed by atoms with Crippen LogP contribution in [-0.2, 0) is 9.53 Å². The minimum atomic E-state index is -0.474. The van der Waals surface area contributed by atoms with Crippen molar-refractivity contribution in [3.63, 3.8) is 0 Å². The Morgan fingerprint density at radius 1 is 1.31 bits per heavy atom. The van der Waals surface area contributed by atoms with Gasteiger partial charge in [-0.05, 0) is 12.1 Å². The van der Waals surface area contributed by atoms with Gasteiger partial charge in [0.25, 0.3) is 0 Å². The SMILES string of the molecule is COC(=O)c1ccccc1OCNC(C)=O. The predicted octanol–water partition coefficient (Wildman–Crippen LogP) is 0.946. The number of methoxy groups -OCH3 is 1. The second-order valence-electron chi connectivity index (χ2n) is 3.01. The number of nitrogens with one attached hydrogen (secondary N) is 1. The Morgan fingerprint density at radius 3 is 2.62 bits per heavy atom. The van der Waals surface area contributed by atoms with E-state index in [-0.39, 0.29) is 12.6 Å². The molecule has 0 unspecified atom stereocenters. The Morgan fingerprint density at radius 2 is 2.00 bits per heavy atom. The summed E-state index contributed by atoms with van der Waals surface area (Å²) in [6.07, 6.45) is 0. The van der Waals surface area contributed by atoms with Crippen LogP contribution in [0.15, 0.2) is 24.3 Å². The van der Waals surface area contributed by atoms with E-state index in [0.29, 0.717) is 11.3 Å². The summed E-state index contributed by atoms with van der Waals surface area (Å²) in [6.45, 7) is 1.40. The molecule has 0 spiro atoms. The maximum Gasteiger partial charge on any atom is 0.341 e. The standard InChI is InChI=1S/C11H13NO4/c1-8(13)12-7-16-10-6-4-3-5-9(10)11(14)15-2/h3-6H,7H2,1-2H3,(H,12,13). The molecule has 0 aliphatic rings. The lowest BCUT2D eigenvalue weighted by molar-refractivity contribution is -0.119. The van der Waals surface area contributed by atoms with Crippen molar-refractivity contribution in [2.24, 2.45) is 0 Å². The summed E-state index contributed by atoms with van der Waals surface area (Å²) in [4.78, 5) is 22.0. The van der Waals surface area contributed by atoms with Crippen LogP contribution in [-0.4, -0.2) is 25.7 Å². The highest BCUT2D eigenvalue weighted by atomic mass is 16.5. The van der Waals surface area contributed by atoms with Crippen LogP contribution in [0.2, 0.25) is 0 Å². The third-order valence-electron chi connectivity index (χ3n) is 1.84. The van der Waals surface area contributed by atoms with Crippen LogP contribution >= 0.6 is 0 Å². The number of amides is 1. The van der Waals surface area contributed by atoms with Gasteiger partial charge in [-0.25, -0.2) is 4.79 Å². The van der Waals surface area contributed by atoms with Gasteiger partial charge < -0.3 is 14.8 Å². The van der Waals surface area contributed by atoms with Crippen molar-refractivity contribution in [1.82, 2.24) is 5.32 Å². The van der Waals surface area contributed by atoms with Gasteiger partial charge in [0.2, 0.25) is 5.91 Å². The Kier molecular flexibility index (Phi) is 4.32. The first kappa shape index (κ1) is 12.0. The van der Waals surface area contributed by atoms with Crippen molar-refractivity contribution in [3.05, 3.63) is 29.8 Å². The minimum absolute atomic E-state index is 0.0172. The first-order valence-electron chi connectivity index (χ1n) is 4.69. The number of rotatable bonds is 4. The third-order valence-corrected chi connectivity index (χ3v) is 1.84. The zero-order valence-electron chi connectivity index (χ0n) is 9.15. The largest absolute Gasteiger partial charge is 0.472 e. The fourth-order valence-electron chi connectivity index (χ4n) is 1.09. The molecule has 1 aromatic carbocycles. The third kappa shape index (κ3) is 3.27. The van der Waals surface area contributed by atoms with Crippen LogP contribution < -0.4 is 10.1 Å². The summed E-state index contributed by atoms with van der Waals surface area (Å²) < 4.78 is 9.84. The van der Waals surface area contributed by atoms with E-state index in [2.05, 4.69) is 10.1 Å². The zero-order valence-corrected chi connectivity index (χ0v) is 9.15. The molecule has 0 saturated heterocycles. The van der Waals surface area contributed by atoms with E-state index < -0.39 is 5.97 Å². The predicted molar refractivity (Wildman–Crippen MR) is 57.1 cm³/mol. The summed E-state index contributed by atoms with van der Waals surface area (Å²) >= 11 is 0. The lowest BCUT2D eigenvalue weighted by Gasteiger charge is -2.09. The van der Waals surface area contributed by atoms with Crippen molar-refractivity contribution < 1.29 is 19.1 Å². The van der Waals surface area contributed by atoms with Crippen LogP contribution in [0.5, 0.6) is 5.75 Å². The van der Waals surface area contributed by atoms with E-state index in [1.807, 2.05) is 0 Å². The number of carbonyl (C=O) groups is 2. The Balaban J connectivity index is 2.71. The number of hydrogen-bond donors (Lipinski definition) is 1. The van der Waals surface area contributed by atoms with E-state index >= 15 is 0 Å². The first-order chi connectivity index (χ1) is 7.65. The molecule has 0 aliphatic heterocycles. The topological polar surface area (TPSA) is 64.6 Å². The minimum Gasteiger partial charge on any atom is -0.472 e. The van der Waals surface area contributed by atoms with E-state index in [1.165, 1.54) is 14.0 Å². The molecule has 5 nitrogen and oxygen atoms in total. The molecule has 1 rings (SSSR count). The van der Waals surface area contributed by atoms with Gasteiger partial charge in [0.15, 0.2) is 6.73 Å². The molecule has 5 heteroatoms. The van der Waals surface area contributed by atoms with Crippen molar-refractivity contribution in [2.45, 2.75) is 6.92 Å². The van der Waals surface area contributed by atoms with Gasteiger partial charge in [-0.3, -0.25) is 4.79 Å². The number of hydrogen-bond acceptors (Lipinski definition) is 4. The Labute approximate surface area is 93.4 Å². The molecule has 0 saturated carbocycles. The fraction of sp³-hybridized carbons (Fsp3) is 0.273. The number of esters is 1. The molecule has 1 amide bonds. The molecule has 0 heterocycles. The van der Waals surface area contributed by atoms with Crippen LogP contribution in [0.3, 0.4) is 0 Å². The average molecular weight is 223 g/mol. The maximum absolute atomic E-state index is 11.3. The molecule has 86 valence electrons. The summed E-state index contributed by atoms with van der Waals surface area (Å²) in [6, 6.07) is 6.66. The van der Waals surface area contributed by atoms with Crippen LogP contribution in [0.25, 0.3) is 0 Å². The second-order valence-corrected chi connectivity index (χ2v) is 3.01. The number of ether oxygens (including phenoxy) is 2. The van der Waals surface area contributed by atoms with Crippen molar-refractivity contribution in [3.8, 4) is 5.75 Å². The number of benzene rings is 1. The normalized spacial score (nSPS) is 9.38. The van der Waals surface area contributed by atoms with Gasteiger partial charge >= 0.3 is 5.97 Å². The molecule has 0 bridgehead atoms. The lowest BCUT2D eigenvalue weighted by atomic mass is 10.2. The number of carbonyl (C=O) groups excluding carboxylic acids is 2. The van der Waals surface area contributed by atoms with E-state index in [0.717, 1.165) is 0 Å². The van der Waals surface area contributed by atoms with Crippen molar-refractivity contribution >= 4 is 11.9 Å².